The molecule has 0 unspecified atom stereocenters. The van der Waals surface area contributed by atoms with Crippen LogP contribution in [0.4, 0.5) is 0 Å². The molecule has 0 radical (unpaired) electrons. The third-order valence-electron chi connectivity index (χ3n) is 8.26. The quantitative estimate of drug-likeness (QED) is 0.191. The minimum absolute atomic E-state index is 0.609. The zero-order valence-electron chi connectivity index (χ0n) is 24.9. The van der Waals surface area contributed by atoms with E-state index in [4.69, 9.17) is 29.9 Å². The highest BCUT2D eigenvalue weighted by atomic mass is 32.1. The number of benzene rings is 5. The van der Waals surface area contributed by atoms with E-state index in [1.54, 1.807) is 11.3 Å². The maximum Gasteiger partial charge on any atom is 0.179 e. The van der Waals surface area contributed by atoms with Crippen molar-refractivity contribution < 1.29 is 0 Å². The zero-order valence-corrected chi connectivity index (χ0v) is 25.8. The van der Waals surface area contributed by atoms with E-state index < -0.39 is 0 Å². The molecule has 0 amide bonds. The maximum absolute atomic E-state index is 5.02. The molecule has 4 aromatic heterocycles. The minimum atomic E-state index is 0.609. The summed E-state index contributed by atoms with van der Waals surface area (Å²) in [7, 11) is 0. The highest BCUT2D eigenvalue weighted by molar-refractivity contribution is 7.25. The number of pyridine rings is 1. The van der Waals surface area contributed by atoms with Crippen molar-refractivity contribution in [2.45, 2.75) is 0 Å². The molecule has 0 atom stereocenters. The van der Waals surface area contributed by atoms with Gasteiger partial charge in [0.25, 0.3) is 0 Å². The summed E-state index contributed by atoms with van der Waals surface area (Å²) in [5, 5.41) is 3.20. The number of rotatable bonds is 5. The Labute approximate surface area is 274 Å². The third kappa shape index (κ3) is 4.90. The van der Waals surface area contributed by atoms with E-state index in [1.807, 2.05) is 91.3 Å². The second-order valence-electron chi connectivity index (χ2n) is 11.2. The molecule has 0 saturated carbocycles. The van der Waals surface area contributed by atoms with Crippen LogP contribution < -0.4 is 0 Å². The summed E-state index contributed by atoms with van der Waals surface area (Å²) in [5.41, 5.74) is 6.51. The topological polar surface area (TPSA) is 77.3 Å². The van der Waals surface area contributed by atoms with Crippen LogP contribution in [-0.2, 0) is 0 Å². The van der Waals surface area contributed by atoms with Crippen molar-refractivity contribution in [3.63, 3.8) is 0 Å². The van der Waals surface area contributed by atoms with Crippen LogP contribution in [0.3, 0.4) is 0 Å². The van der Waals surface area contributed by atoms with Crippen molar-refractivity contribution in [3.05, 3.63) is 146 Å². The van der Waals surface area contributed by atoms with Crippen molar-refractivity contribution in [2.24, 2.45) is 0 Å². The van der Waals surface area contributed by atoms with E-state index in [0.717, 1.165) is 59.9 Å². The van der Waals surface area contributed by atoms with E-state index >= 15 is 0 Å². The van der Waals surface area contributed by atoms with Crippen molar-refractivity contribution in [2.75, 3.05) is 0 Å². The first-order valence-electron chi connectivity index (χ1n) is 15.3. The Bertz CT molecular complexity index is 2520. The first-order valence-corrected chi connectivity index (χ1v) is 16.1. The summed E-state index contributed by atoms with van der Waals surface area (Å²) < 4.78 is 2.27. The average molecular weight is 621 g/mol. The van der Waals surface area contributed by atoms with Gasteiger partial charge in [-0.25, -0.2) is 24.9 Å². The smallest absolute Gasteiger partial charge is 0.179 e. The maximum atomic E-state index is 5.02. The van der Waals surface area contributed by atoms with Crippen molar-refractivity contribution in [1.82, 2.24) is 29.9 Å². The Balaban J connectivity index is 1.17. The molecular weight excluding hydrogens is 597 g/mol. The Morgan fingerprint density at radius 2 is 0.957 bits per heavy atom. The summed E-state index contributed by atoms with van der Waals surface area (Å²) in [5.74, 6) is 2.49. The van der Waals surface area contributed by atoms with Gasteiger partial charge in [-0.2, -0.15) is 0 Å². The molecule has 4 heterocycles. The second kappa shape index (κ2) is 11.3. The molecule has 0 fully saturated rings. The van der Waals surface area contributed by atoms with Crippen LogP contribution in [0.15, 0.2) is 146 Å². The van der Waals surface area contributed by atoms with Gasteiger partial charge in [-0.3, -0.25) is 4.98 Å². The van der Waals surface area contributed by atoms with Crippen molar-refractivity contribution in [1.29, 1.82) is 0 Å². The molecule has 7 heteroatoms. The number of nitrogens with zero attached hydrogens (tertiary/aromatic N) is 6. The summed E-state index contributed by atoms with van der Waals surface area (Å²) in [4.78, 5) is 29.5. The van der Waals surface area contributed by atoms with Gasteiger partial charge in [0.15, 0.2) is 23.3 Å². The van der Waals surface area contributed by atoms with E-state index in [0.29, 0.717) is 23.3 Å². The van der Waals surface area contributed by atoms with E-state index in [9.17, 15) is 0 Å². The van der Waals surface area contributed by atoms with Gasteiger partial charge in [0.1, 0.15) is 5.69 Å². The lowest BCUT2D eigenvalue weighted by atomic mass is 9.97. The Kier molecular flexibility index (Phi) is 6.54. The second-order valence-corrected chi connectivity index (χ2v) is 12.3. The lowest BCUT2D eigenvalue weighted by Gasteiger charge is -2.12. The molecule has 0 spiro atoms. The highest BCUT2D eigenvalue weighted by Crippen LogP contribution is 2.37. The Hall–Kier alpha value is -6.18. The molecule has 6 nitrogen and oxygen atoms in total. The number of hydrogen-bond acceptors (Lipinski definition) is 7. The Morgan fingerprint density at radius 1 is 0.383 bits per heavy atom. The lowest BCUT2D eigenvalue weighted by molar-refractivity contribution is 1.07. The fourth-order valence-corrected chi connectivity index (χ4v) is 7.00. The molecule has 9 rings (SSSR count). The van der Waals surface area contributed by atoms with Crippen LogP contribution in [0.25, 0.3) is 87.9 Å². The van der Waals surface area contributed by atoms with Crippen LogP contribution in [0.2, 0.25) is 0 Å². The first-order chi connectivity index (χ1) is 23.3. The molecule has 0 N–H and O–H groups in total. The minimum Gasteiger partial charge on any atom is -0.252 e. The molecule has 0 saturated heterocycles. The van der Waals surface area contributed by atoms with Crippen LogP contribution in [-0.4, -0.2) is 29.9 Å². The average Bonchev–Trinajstić information content (AvgIpc) is 3.53. The van der Waals surface area contributed by atoms with Gasteiger partial charge in [0, 0.05) is 50.1 Å². The molecule has 47 heavy (non-hydrogen) atoms. The summed E-state index contributed by atoms with van der Waals surface area (Å²) >= 11 is 1.71. The fourth-order valence-electron chi connectivity index (χ4n) is 5.99. The third-order valence-corrected chi connectivity index (χ3v) is 9.35. The fraction of sp³-hybridized carbons (Fsp3) is 0. The van der Waals surface area contributed by atoms with Gasteiger partial charge < -0.3 is 0 Å². The van der Waals surface area contributed by atoms with Gasteiger partial charge in [-0.05, 0) is 23.1 Å². The van der Waals surface area contributed by atoms with Crippen LogP contribution in [0.1, 0.15) is 0 Å². The largest absolute Gasteiger partial charge is 0.252 e. The molecule has 0 aliphatic rings. The zero-order chi connectivity index (χ0) is 31.2. The molecule has 0 aliphatic heterocycles. The van der Waals surface area contributed by atoms with E-state index in [-0.39, 0.29) is 0 Å². The standard InChI is InChI=1S/C40H24N6S/c1-3-12-25(13-4-1)37-44-38(26-14-5-2-6-15-26)46-39(45-37)28-17-11-16-27(22-28)32-23-41-36(30-19-8-7-18-29(30)32)40-42-24-34-35(43-40)31-20-9-10-21-33(31)47-34/h1-24H. The van der Waals surface area contributed by atoms with Gasteiger partial charge in [0.2, 0.25) is 0 Å². The summed E-state index contributed by atoms with van der Waals surface area (Å²) in [6.45, 7) is 0. The number of hydrogen-bond donors (Lipinski definition) is 0. The van der Waals surface area contributed by atoms with Gasteiger partial charge >= 0.3 is 0 Å². The number of fused-ring (bicyclic) bond motifs is 4. The molecule has 5 aromatic carbocycles. The van der Waals surface area contributed by atoms with Gasteiger partial charge in [0.05, 0.1) is 10.2 Å². The molecule has 9 aromatic rings. The molecule has 220 valence electrons. The van der Waals surface area contributed by atoms with Crippen LogP contribution in [0, 0.1) is 0 Å². The van der Waals surface area contributed by atoms with Crippen LogP contribution >= 0.6 is 11.3 Å². The SMILES string of the molecule is c1ccc(-c2nc(-c3ccccc3)nc(-c3cccc(-c4cnc(-c5ncc6sc7ccccc7c6n5)c5ccccc45)c3)n2)cc1. The lowest BCUT2D eigenvalue weighted by Crippen LogP contribution is -2.00. The summed E-state index contributed by atoms with van der Waals surface area (Å²) in [6.07, 6.45) is 3.84. The predicted octanol–water partition coefficient (Wildman–Crippen LogP) is 9.91. The normalized spacial score (nSPS) is 11.4. The number of aromatic nitrogens is 6. The Morgan fingerprint density at radius 3 is 1.68 bits per heavy atom. The van der Waals surface area contributed by atoms with Crippen LogP contribution in [0.5, 0.6) is 0 Å². The number of thiophene rings is 1. The van der Waals surface area contributed by atoms with E-state index in [1.165, 1.54) is 4.70 Å². The monoisotopic (exact) mass is 620 g/mol. The highest BCUT2D eigenvalue weighted by Gasteiger charge is 2.17. The predicted molar refractivity (Wildman–Crippen MR) is 191 cm³/mol. The summed E-state index contributed by atoms with van der Waals surface area (Å²) in [6, 6.07) is 45.0. The molecule has 0 bridgehead atoms. The first kappa shape index (κ1) is 27.2. The van der Waals surface area contributed by atoms with Gasteiger partial charge in [-0.1, -0.05) is 121 Å². The van der Waals surface area contributed by atoms with E-state index in [2.05, 4.69) is 54.6 Å². The molecular formula is C40H24N6S. The van der Waals surface area contributed by atoms with Crippen molar-refractivity contribution >= 4 is 42.4 Å². The van der Waals surface area contributed by atoms with Gasteiger partial charge in [-0.15, -0.1) is 11.3 Å². The molecule has 0 aliphatic carbocycles. The van der Waals surface area contributed by atoms with Crippen molar-refractivity contribution in [3.8, 4) is 56.8 Å².